The molecule has 1 heterocycles. The van der Waals surface area contributed by atoms with Crippen LogP contribution in [0.1, 0.15) is 17.3 Å². The molecule has 8 heteroatoms. The minimum atomic E-state index is -4.67. The Morgan fingerprint density at radius 2 is 1.96 bits per heavy atom. The summed E-state index contributed by atoms with van der Waals surface area (Å²) in [7, 11) is 0. The summed E-state index contributed by atoms with van der Waals surface area (Å²) in [6.07, 6.45) is -4.67. The van der Waals surface area contributed by atoms with Crippen molar-refractivity contribution in [2.75, 3.05) is 19.7 Å². The van der Waals surface area contributed by atoms with Gasteiger partial charge in [0.1, 0.15) is 5.75 Å². The van der Waals surface area contributed by atoms with E-state index < -0.39 is 43.0 Å². The van der Waals surface area contributed by atoms with Gasteiger partial charge in [0.05, 0.1) is 24.0 Å². The molecule has 2 atom stereocenters. The predicted molar refractivity (Wildman–Crippen MR) is 74.2 cm³/mol. The molecule has 2 rings (SSSR count). The Balaban J connectivity index is 2.26. The van der Waals surface area contributed by atoms with E-state index in [1.54, 1.807) is 25.1 Å². The number of aliphatic carboxylic acids is 1. The normalized spacial score (nSPS) is 21.3. The Kier molecular flexibility index (Phi) is 4.82. The van der Waals surface area contributed by atoms with E-state index in [0.29, 0.717) is 6.61 Å². The van der Waals surface area contributed by atoms with Crippen LogP contribution >= 0.6 is 0 Å². The van der Waals surface area contributed by atoms with Crippen molar-refractivity contribution < 1.29 is 32.6 Å². The molecule has 1 N–H and O–H groups in total. The number of alkyl halides is 3. The molecule has 23 heavy (non-hydrogen) atoms. The van der Waals surface area contributed by atoms with Crippen molar-refractivity contribution >= 4 is 11.9 Å². The molecule has 126 valence electrons. The van der Waals surface area contributed by atoms with Crippen LogP contribution in [0.25, 0.3) is 0 Å². The zero-order chi connectivity index (χ0) is 17.2. The Hall–Kier alpha value is -2.25. The number of rotatable bonds is 4. The molecule has 1 aromatic carbocycles. The van der Waals surface area contributed by atoms with E-state index in [9.17, 15) is 22.8 Å². The summed E-state index contributed by atoms with van der Waals surface area (Å²) in [4.78, 5) is 24.5. The van der Waals surface area contributed by atoms with Crippen molar-refractivity contribution in [3.63, 3.8) is 0 Å². The highest BCUT2D eigenvalue weighted by atomic mass is 19.4. The lowest BCUT2D eigenvalue weighted by molar-refractivity contribution is -0.187. The van der Waals surface area contributed by atoms with Crippen molar-refractivity contribution in [3.8, 4) is 5.75 Å². The zero-order valence-electron chi connectivity index (χ0n) is 12.3. The summed E-state index contributed by atoms with van der Waals surface area (Å²) < 4.78 is 44.3. The molecule has 1 aliphatic heterocycles. The average molecular weight is 331 g/mol. The Labute approximate surface area is 130 Å². The van der Waals surface area contributed by atoms with Gasteiger partial charge in [0.2, 0.25) is 0 Å². The number of benzene rings is 1. The number of amides is 1. The fourth-order valence-corrected chi connectivity index (χ4v) is 2.65. The minimum Gasteiger partial charge on any atom is -0.493 e. The number of carbonyl (C=O) groups is 2. The van der Waals surface area contributed by atoms with Crippen LogP contribution in [-0.4, -0.2) is 47.8 Å². The van der Waals surface area contributed by atoms with Gasteiger partial charge in [0.25, 0.3) is 5.91 Å². The Morgan fingerprint density at radius 3 is 2.48 bits per heavy atom. The number of likely N-dealkylation sites (tertiary alicyclic amines) is 1. The third-order valence-corrected chi connectivity index (χ3v) is 3.76. The third kappa shape index (κ3) is 3.57. The number of nitrogens with zero attached hydrogens (tertiary/aromatic N) is 1. The number of hydrogen-bond acceptors (Lipinski definition) is 3. The molecule has 0 radical (unpaired) electrons. The van der Waals surface area contributed by atoms with Gasteiger partial charge < -0.3 is 14.7 Å². The van der Waals surface area contributed by atoms with E-state index >= 15 is 0 Å². The molecule has 0 aliphatic carbocycles. The van der Waals surface area contributed by atoms with Crippen LogP contribution in [0.2, 0.25) is 0 Å². The largest absolute Gasteiger partial charge is 0.493 e. The van der Waals surface area contributed by atoms with Crippen molar-refractivity contribution in [2.24, 2.45) is 11.8 Å². The van der Waals surface area contributed by atoms with E-state index in [1.807, 2.05) is 0 Å². The zero-order valence-corrected chi connectivity index (χ0v) is 12.3. The van der Waals surface area contributed by atoms with Crippen LogP contribution < -0.4 is 4.74 Å². The highest BCUT2D eigenvalue weighted by Gasteiger charge is 2.53. The van der Waals surface area contributed by atoms with Gasteiger partial charge in [0, 0.05) is 13.1 Å². The van der Waals surface area contributed by atoms with Gasteiger partial charge in [0.15, 0.2) is 0 Å². The molecule has 1 fully saturated rings. The first-order chi connectivity index (χ1) is 10.8. The van der Waals surface area contributed by atoms with Crippen molar-refractivity contribution in [1.29, 1.82) is 0 Å². The van der Waals surface area contributed by atoms with E-state index in [1.165, 1.54) is 6.07 Å². The summed E-state index contributed by atoms with van der Waals surface area (Å²) in [5, 5.41) is 8.99. The van der Waals surface area contributed by atoms with E-state index in [-0.39, 0.29) is 11.3 Å². The number of carbonyl (C=O) groups excluding carboxylic acids is 1. The molecule has 5 nitrogen and oxygen atoms in total. The second-order valence-corrected chi connectivity index (χ2v) is 5.23. The van der Waals surface area contributed by atoms with Crippen LogP contribution in [-0.2, 0) is 4.79 Å². The van der Waals surface area contributed by atoms with E-state index in [0.717, 1.165) is 4.90 Å². The molecule has 0 spiro atoms. The summed E-state index contributed by atoms with van der Waals surface area (Å²) in [6, 6.07) is 6.21. The standard InChI is InChI=1S/C15H16F3NO4/c1-2-23-12-6-4-3-5-9(12)13(20)19-7-10(14(21)22)11(8-19)15(16,17)18/h3-6,10-11H,2,7-8H2,1H3,(H,21,22)/t10-,11-/m1/s1. The molecule has 1 saturated heterocycles. The number of hydrogen-bond donors (Lipinski definition) is 1. The van der Waals surface area contributed by atoms with Gasteiger partial charge in [-0.05, 0) is 19.1 Å². The maximum Gasteiger partial charge on any atom is 0.394 e. The maximum atomic E-state index is 13.0. The number of ether oxygens (including phenoxy) is 1. The van der Waals surface area contributed by atoms with E-state index in [2.05, 4.69) is 0 Å². The highest BCUT2D eigenvalue weighted by molar-refractivity contribution is 5.97. The second-order valence-electron chi connectivity index (χ2n) is 5.23. The lowest BCUT2D eigenvalue weighted by Crippen LogP contribution is -2.34. The maximum absolute atomic E-state index is 13.0. The van der Waals surface area contributed by atoms with Crippen LogP contribution in [0.4, 0.5) is 13.2 Å². The predicted octanol–water partition coefficient (Wildman–Crippen LogP) is 2.42. The SMILES string of the molecule is CCOc1ccccc1C(=O)N1C[C@@H](C(F)(F)F)[C@H](C(=O)O)C1. The first-order valence-electron chi connectivity index (χ1n) is 7.06. The molecule has 0 saturated carbocycles. The highest BCUT2D eigenvalue weighted by Crippen LogP contribution is 2.38. The summed E-state index contributed by atoms with van der Waals surface area (Å²) in [6.45, 7) is 0.878. The van der Waals surface area contributed by atoms with Crippen molar-refractivity contribution in [2.45, 2.75) is 13.1 Å². The van der Waals surface area contributed by atoms with Gasteiger partial charge in [-0.2, -0.15) is 13.2 Å². The molecule has 0 aromatic heterocycles. The second kappa shape index (κ2) is 6.47. The molecule has 0 bridgehead atoms. The van der Waals surface area contributed by atoms with Gasteiger partial charge in [-0.15, -0.1) is 0 Å². The topological polar surface area (TPSA) is 66.8 Å². The lowest BCUT2D eigenvalue weighted by Gasteiger charge is -2.19. The quantitative estimate of drug-likeness (QED) is 0.920. The molecular weight excluding hydrogens is 315 g/mol. The molecule has 1 amide bonds. The third-order valence-electron chi connectivity index (χ3n) is 3.76. The summed E-state index contributed by atoms with van der Waals surface area (Å²) in [5.41, 5.74) is 0.126. The summed E-state index contributed by atoms with van der Waals surface area (Å²) >= 11 is 0. The Bertz CT molecular complexity index is 603. The van der Waals surface area contributed by atoms with Gasteiger partial charge in [-0.1, -0.05) is 12.1 Å². The average Bonchev–Trinajstić information content (AvgIpc) is 2.93. The van der Waals surface area contributed by atoms with Crippen molar-refractivity contribution in [1.82, 2.24) is 4.90 Å². The number of halogens is 3. The van der Waals surface area contributed by atoms with Gasteiger partial charge in [-0.25, -0.2) is 0 Å². The first-order valence-corrected chi connectivity index (χ1v) is 7.06. The molecule has 1 aromatic rings. The van der Waals surface area contributed by atoms with E-state index in [4.69, 9.17) is 9.84 Å². The first kappa shape index (κ1) is 17.1. The smallest absolute Gasteiger partial charge is 0.394 e. The molecule has 1 aliphatic rings. The number of carboxylic acid groups (broad SMARTS) is 1. The van der Waals surface area contributed by atoms with Gasteiger partial charge in [-0.3, -0.25) is 9.59 Å². The minimum absolute atomic E-state index is 0.126. The van der Waals surface area contributed by atoms with Crippen LogP contribution in [0.3, 0.4) is 0 Å². The molecule has 0 unspecified atom stereocenters. The fraction of sp³-hybridized carbons (Fsp3) is 0.467. The monoisotopic (exact) mass is 331 g/mol. The van der Waals surface area contributed by atoms with Crippen LogP contribution in [0, 0.1) is 11.8 Å². The fourth-order valence-electron chi connectivity index (χ4n) is 2.65. The van der Waals surface area contributed by atoms with Crippen molar-refractivity contribution in [3.05, 3.63) is 29.8 Å². The summed E-state index contributed by atoms with van der Waals surface area (Å²) in [5.74, 6) is -5.67. The molecular formula is C15H16F3NO4. The number of para-hydroxylation sites is 1. The van der Waals surface area contributed by atoms with Crippen LogP contribution in [0.15, 0.2) is 24.3 Å². The number of carboxylic acids is 1. The Morgan fingerprint density at radius 1 is 1.30 bits per heavy atom. The van der Waals surface area contributed by atoms with Gasteiger partial charge >= 0.3 is 12.1 Å². The lowest BCUT2D eigenvalue weighted by atomic mass is 9.96. The van der Waals surface area contributed by atoms with Crippen LogP contribution in [0.5, 0.6) is 5.75 Å².